The number of carbonyl (C=O) groups is 1. The normalized spacial score (nSPS) is 11.1. The first kappa shape index (κ1) is 16.9. The maximum atomic E-state index is 12.4. The van der Waals surface area contributed by atoms with Crippen molar-refractivity contribution in [3.05, 3.63) is 23.8 Å². The highest BCUT2D eigenvalue weighted by atomic mass is 35.5. The van der Waals surface area contributed by atoms with Crippen molar-refractivity contribution in [2.45, 2.75) is 18.9 Å². The van der Waals surface area contributed by atoms with Crippen molar-refractivity contribution in [3.8, 4) is 11.5 Å². The van der Waals surface area contributed by atoms with Crippen molar-refractivity contribution in [1.29, 1.82) is 0 Å². The average molecular weight is 320 g/mol. The van der Waals surface area contributed by atoms with Crippen molar-refractivity contribution in [2.75, 3.05) is 26.0 Å². The lowest BCUT2D eigenvalue weighted by molar-refractivity contribution is 0.0910. The standard InChI is InChI=1S/C14H19Cl2NO3/c1-4-14(8-15,9-16)17-13(18)11-7-10(19-2)5-6-12(11)20-3/h5-7H,4,8-9H2,1-3H3,(H,17,18). The summed E-state index contributed by atoms with van der Waals surface area (Å²) in [5.41, 5.74) is -0.242. The fraction of sp³-hybridized carbons (Fsp3) is 0.500. The van der Waals surface area contributed by atoms with Crippen molar-refractivity contribution >= 4 is 29.1 Å². The molecule has 0 atom stereocenters. The highest BCUT2D eigenvalue weighted by molar-refractivity contribution is 6.22. The Kier molecular flexibility index (Phi) is 6.43. The summed E-state index contributed by atoms with van der Waals surface area (Å²) in [7, 11) is 3.05. The monoisotopic (exact) mass is 319 g/mol. The van der Waals surface area contributed by atoms with Crippen LogP contribution in [0.1, 0.15) is 23.7 Å². The molecule has 0 saturated heterocycles. The summed E-state index contributed by atoms with van der Waals surface area (Å²) in [4.78, 5) is 12.4. The molecule has 1 rings (SSSR count). The largest absolute Gasteiger partial charge is 0.497 e. The lowest BCUT2D eigenvalue weighted by Gasteiger charge is -2.29. The number of amides is 1. The molecule has 1 aromatic rings. The molecule has 0 unspecified atom stereocenters. The van der Waals surface area contributed by atoms with Crippen molar-refractivity contribution < 1.29 is 14.3 Å². The van der Waals surface area contributed by atoms with E-state index in [1.54, 1.807) is 18.2 Å². The summed E-state index contributed by atoms with van der Waals surface area (Å²) in [5.74, 6) is 1.24. The van der Waals surface area contributed by atoms with E-state index in [-0.39, 0.29) is 17.7 Å². The van der Waals surface area contributed by atoms with Gasteiger partial charge in [0.05, 0.1) is 25.3 Å². The number of halogens is 2. The van der Waals surface area contributed by atoms with Gasteiger partial charge in [0, 0.05) is 11.8 Å². The molecule has 1 amide bonds. The quantitative estimate of drug-likeness (QED) is 0.786. The number of carbonyl (C=O) groups excluding carboxylic acids is 1. The molecule has 4 nitrogen and oxygen atoms in total. The van der Waals surface area contributed by atoms with Crippen molar-refractivity contribution in [2.24, 2.45) is 0 Å². The van der Waals surface area contributed by atoms with Crippen LogP contribution in [0, 0.1) is 0 Å². The molecule has 0 spiro atoms. The molecule has 0 saturated carbocycles. The van der Waals surface area contributed by atoms with Gasteiger partial charge in [0.15, 0.2) is 0 Å². The molecule has 0 aliphatic rings. The Hall–Kier alpha value is -1.13. The van der Waals surface area contributed by atoms with Gasteiger partial charge < -0.3 is 14.8 Å². The third-order valence-corrected chi connectivity index (χ3v) is 4.24. The molecule has 112 valence electrons. The second kappa shape index (κ2) is 7.60. The fourth-order valence-corrected chi connectivity index (χ4v) is 2.48. The van der Waals surface area contributed by atoms with Crippen LogP contribution in [-0.4, -0.2) is 37.4 Å². The maximum Gasteiger partial charge on any atom is 0.255 e. The average Bonchev–Trinajstić information content (AvgIpc) is 2.51. The topological polar surface area (TPSA) is 47.6 Å². The second-order valence-corrected chi connectivity index (χ2v) is 4.96. The van der Waals surface area contributed by atoms with Gasteiger partial charge in [-0.25, -0.2) is 0 Å². The van der Waals surface area contributed by atoms with E-state index < -0.39 is 5.54 Å². The van der Waals surface area contributed by atoms with E-state index in [9.17, 15) is 4.79 Å². The van der Waals surface area contributed by atoms with E-state index in [0.29, 0.717) is 23.5 Å². The van der Waals surface area contributed by atoms with Crippen LogP contribution in [0.4, 0.5) is 0 Å². The summed E-state index contributed by atoms with van der Waals surface area (Å²) in [6, 6.07) is 5.03. The number of hydrogen-bond acceptors (Lipinski definition) is 3. The number of ether oxygens (including phenoxy) is 2. The molecule has 0 radical (unpaired) electrons. The first-order valence-electron chi connectivity index (χ1n) is 6.22. The minimum absolute atomic E-state index is 0.241. The minimum atomic E-state index is -0.631. The van der Waals surface area contributed by atoms with E-state index in [0.717, 1.165) is 0 Å². The van der Waals surface area contributed by atoms with Gasteiger partial charge in [-0.2, -0.15) is 0 Å². The second-order valence-electron chi connectivity index (χ2n) is 4.42. The first-order valence-corrected chi connectivity index (χ1v) is 7.29. The van der Waals surface area contributed by atoms with Crippen LogP contribution >= 0.6 is 23.2 Å². The molecular weight excluding hydrogens is 301 g/mol. The Bertz CT molecular complexity index is 453. The van der Waals surface area contributed by atoms with Gasteiger partial charge >= 0.3 is 0 Å². The molecule has 20 heavy (non-hydrogen) atoms. The Morgan fingerprint density at radius 1 is 1.25 bits per heavy atom. The number of benzene rings is 1. The van der Waals surface area contributed by atoms with Gasteiger partial charge in [0.2, 0.25) is 0 Å². The van der Waals surface area contributed by atoms with Crippen LogP contribution < -0.4 is 14.8 Å². The summed E-state index contributed by atoms with van der Waals surface area (Å²) in [5, 5.41) is 2.88. The number of alkyl halides is 2. The summed E-state index contributed by atoms with van der Waals surface area (Å²) in [6.45, 7) is 1.92. The van der Waals surface area contributed by atoms with Crippen LogP contribution in [0.3, 0.4) is 0 Å². The number of hydrogen-bond donors (Lipinski definition) is 1. The summed E-state index contributed by atoms with van der Waals surface area (Å²) < 4.78 is 10.3. The van der Waals surface area contributed by atoms with E-state index >= 15 is 0 Å². The molecule has 1 aromatic carbocycles. The minimum Gasteiger partial charge on any atom is -0.497 e. The highest BCUT2D eigenvalue weighted by Gasteiger charge is 2.29. The molecule has 0 bridgehead atoms. The van der Waals surface area contributed by atoms with Crippen molar-refractivity contribution in [3.63, 3.8) is 0 Å². The Balaban J connectivity index is 3.07. The first-order chi connectivity index (χ1) is 9.55. The Morgan fingerprint density at radius 3 is 2.35 bits per heavy atom. The van der Waals surface area contributed by atoms with E-state index in [2.05, 4.69) is 5.32 Å². The van der Waals surface area contributed by atoms with Crippen LogP contribution in [0.5, 0.6) is 11.5 Å². The van der Waals surface area contributed by atoms with Crippen LogP contribution in [0.2, 0.25) is 0 Å². The van der Waals surface area contributed by atoms with Gasteiger partial charge in [-0.15, -0.1) is 23.2 Å². The van der Waals surface area contributed by atoms with Crippen LogP contribution in [0.25, 0.3) is 0 Å². The molecule has 0 aliphatic heterocycles. The molecule has 0 heterocycles. The van der Waals surface area contributed by atoms with E-state index in [1.807, 2.05) is 6.92 Å². The van der Waals surface area contributed by atoms with Gasteiger partial charge in [-0.05, 0) is 24.6 Å². The molecular formula is C14H19Cl2NO3. The van der Waals surface area contributed by atoms with Crippen LogP contribution in [-0.2, 0) is 0 Å². The number of rotatable bonds is 7. The zero-order chi connectivity index (χ0) is 15.2. The zero-order valence-corrected chi connectivity index (χ0v) is 13.3. The van der Waals surface area contributed by atoms with Crippen LogP contribution in [0.15, 0.2) is 18.2 Å². The van der Waals surface area contributed by atoms with Gasteiger partial charge in [0.1, 0.15) is 11.5 Å². The number of nitrogens with one attached hydrogen (secondary N) is 1. The third kappa shape index (κ3) is 3.70. The lowest BCUT2D eigenvalue weighted by Crippen LogP contribution is -2.51. The van der Waals surface area contributed by atoms with Crippen molar-refractivity contribution in [1.82, 2.24) is 5.32 Å². The lowest BCUT2D eigenvalue weighted by atomic mass is 10.0. The maximum absolute atomic E-state index is 12.4. The van der Waals surface area contributed by atoms with Gasteiger partial charge in [-0.1, -0.05) is 6.92 Å². The molecule has 6 heteroatoms. The molecule has 0 aromatic heterocycles. The molecule has 0 aliphatic carbocycles. The Morgan fingerprint density at radius 2 is 1.90 bits per heavy atom. The smallest absolute Gasteiger partial charge is 0.255 e. The molecule has 0 fully saturated rings. The summed E-state index contributed by atoms with van der Waals surface area (Å²) in [6.07, 6.45) is 0.637. The third-order valence-electron chi connectivity index (χ3n) is 3.22. The van der Waals surface area contributed by atoms with E-state index in [1.165, 1.54) is 14.2 Å². The highest BCUT2D eigenvalue weighted by Crippen LogP contribution is 2.25. The predicted octanol–water partition coefficient (Wildman–Crippen LogP) is 3.06. The fourth-order valence-electron chi connectivity index (χ4n) is 1.68. The van der Waals surface area contributed by atoms with E-state index in [4.69, 9.17) is 32.7 Å². The predicted molar refractivity (Wildman–Crippen MR) is 81.5 cm³/mol. The Labute approximate surface area is 129 Å². The molecule has 1 N–H and O–H groups in total. The van der Waals surface area contributed by atoms with Gasteiger partial charge in [0.25, 0.3) is 5.91 Å². The SMILES string of the molecule is CCC(CCl)(CCl)NC(=O)c1cc(OC)ccc1OC. The van der Waals surface area contributed by atoms with Gasteiger partial charge in [-0.3, -0.25) is 4.79 Å². The zero-order valence-electron chi connectivity index (χ0n) is 11.8. The number of methoxy groups -OCH3 is 2. The summed E-state index contributed by atoms with van der Waals surface area (Å²) >= 11 is 11.9.